The summed E-state index contributed by atoms with van der Waals surface area (Å²) in [6, 6.07) is 7.76. The standard InChI is InChI=1S/C11H12O2/c1-13-10-7-6-8-4-2-3-5-9(8)11(10)12/h2-5,10H,6-7H2,1H3. The van der Waals surface area contributed by atoms with E-state index in [1.807, 2.05) is 24.3 Å². The zero-order valence-electron chi connectivity index (χ0n) is 7.62. The molecule has 0 fully saturated rings. The smallest absolute Gasteiger partial charge is 0.191 e. The monoisotopic (exact) mass is 176 g/mol. The van der Waals surface area contributed by atoms with E-state index in [4.69, 9.17) is 4.74 Å². The van der Waals surface area contributed by atoms with E-state index in [0.717, 1.165) is 24.0 Å². The van der Waals surface area contributed by atoms with Crippen LogP contribution >= 0.6 is 0 Å². The molecular formula is C11H12O2. The fourth-order valence-corrected chi connectivity index (χ4v) is 1.79. The Morgan fingerprint density at radius 3 is 2.92 bits per heavy atom. The molecule has 13 heavy (non-hydrogen) atoms. The van der Waals surface area contributed by atoms with E-state index < -0.39 is 0 Å². The number of rotatable bonds is 1. The van der Waals surface area contributed by atoms with E-state index >= 15 is 0 Å². The molecule has 0 saturated carbocycles. The third-order valence-electron chi connectivity index (χ3n) is 2.54. The molecule has 0 saturated heterocycles. The van der Waals surface area contributed by atoms with Crippen LogP contribution in [0.4, 0.5) is 0 Å². The van der Waals surface area contributed by atoms with Gasteiger partial charge in [0.25, 0.3) is 0 Å². The van der Waals surface area contributed by atoms with E-state index in [2.05, 4.69) is 0 Å². The highest BCUT2D eigenvalue weighted by Gasteiger charge is 2.26. The van der Waals surface area contributed by atoms with Crippen LogP contribution < -0.4 is 0 Å². The fraction of sp³-hybridized carbons (Fsp3) is 0.364. The Balaban J connectivity index is 2.39. The number of fused-ring (bicyclic) bond motifs is 1. The molecule has 0 amide bonds. The van der Waals surface area contributed by atoms with Gasteiger partial charge in [0.2, 0.25) is 0 Å². The van der Waals surface area contributed by atoms with Gasteiger partial charge in [0, 0.05) is 12.7 Å². The van der Waals surface area contributed by atoms with Gasteiger partial charge in [-0.25, -0.2) is 0 Å². The van der Waals surface area contributed by atoms with Gasteiger partial charge in [-0.2, -0.15) is 0 Å². The van der Waals surface area contributed by atoms with Crippen LogP contribution in [0.1, 0.15) is 22.3 Å². The van der Waals surface area contributed by atoms with E-state index in [-0.39, 0.29) is 11.9 Å². The van der Waals surface area contributed by atoms with Crippen molar-refractivity contribution in [3.05, 3.63) is 35.4 Å². The van der Waals surface area contributed by atoms with Gasteiger partial charge in [-0.15, -0.1) is 0 Å². The van der Waals surface area contributed by atoms with Crippen LogP contribution in [0.3, 0.4) is 0 Å². The minimum atomic E-state index is -0.227. The second kappa shape index (κ2) is 3.30. The number of Topliss-reactive ketones (excluding diaryl/α,β-unsaturated/α-hetero) is 1. The number of ether oxygens (including phenoxy) is 1. The summed E-state index contributed by atoms with van der Waals surface area (Å²) in [5, 5.41) is 0. The summed E-state index contributed by atoms with van der Waals surface area (Å²) in [6.45, 7) is 0. The number of hydrogen-bond acceptors (Lipinski definition) is 2. The lowest BCUT2D eigenvalue weighted by Crippen LogP contribution is -2.28. The predicted molar refractivity (Wildman–Crippen MR) is 49.9 cm³/mol. The molecule has 2 nitrogen and oxygen atoms in total. The number of aryl methyl sites for hydroxylation is 1. The molecule has 0 N–H and O–H groups in total. The minimum Gasteiger partial charge on any atom is -0.373 e. The van der Waals surface area contributed by atoms with Gasteiger partial charge in [-0.1, -0.05) is 24.3 Å². The SMILES string of the molecule is COC1CCc2ccccc2C1=O. The average molecular weight is 176 g/mol. The molecule has 0 aliphatic heterocycles. The van der Waals surface area contributed by atoms with Crippen molar-refractivity contribution in [2.24, 2.45) is 0 Å². The molecule has 0 aromatic heterocycles. The Bertz CT molecular complexity index is 331. The maximum Gasteiger partial charge on any atom is 0.191 e. The number of carbonyl (C=O) groups excluding carboxylic acids is 1. The van der Waals surface area contributed by atoms with Gasteiger partial charge in [0.05, 0.1) is 0 Å². The molecule has 0 radical (unpaired) electrons. The van der Waals surface area contributed by atoms with E-state index in [9.17, 15) is 4.79 Å². The Kier molecular flexibility index (Phi) is 2.15. The Hall–Kier alpha value is -1.15. The summed E-state index contributed by atoms with van der Waals surface area (Å²) in [6.07, 6.45) is 1.53. The van der Waals surface area contributed by atoms with Crippen molar-refractivity contribution >= 4 is 5.78 Å². The summed E-state index contributed by atoms with van der Waals surface area (Å²) in [5.41, 5.74) is 1.99. The predicted octanol–water partition coefficient (Wildman–Crippen LogP) is 1.83. The van der Waals surface area contributed by atoms with Crippen LogP contribution in [0, 0.1) is 0 Å². The Morgan fingerprint density at radius 2 is 2.15 bits per heavy atom. The number of hydrogen-bond donors (Lipinski definition) is 0. The molecule has 1 aliphatic carbocycles. The van der Waals surface area contributed by atoms with Gasteiger partial charge >= 0.3 is 0 Å². The molecule has 0 heterocycles. The lowest BCUT2D eigenvalue weighted by atomic mass is 9.89. The van der Waals surface area contributed by atoms with Gasteiger partial charge in [-0.05, 0) is 18.4 Å². The fourth-order valence-electron chi connectivity index (χ4n) is 1.79. The molecule has 1 aromatic carbocycles. The molecule has 1 unspecified atom stereocenters. The highest BCUT2D eigenvalue weighted by molar-refractivity contribution is 6.01. The second-order valence-corrected chi connectivity index (χ2v) is 3.28. The first kappa shape index (κ1) is 8.45. The summed E-state index contributed by atoms with van der Waals surface area (Å²) < 4.78 is 5.11. The number of methoxy groups -OCH3 is 1. The third-order valence-corrected chi connectivity index (χ3v) is 2.54. The Morgan fingerprint density at radius 1 is 1.38 bits per heavy atom. The van der Waals surface area contributed by atoms with Crippen molar-refractivity contribution in [1.82, 2.24) is 0 Å². The van der Waals surface area contributed by atoms with E-state index in [0.29, 0.717) is 0 Å². The summed E-state index contributed by atoms with van der Waals surface area (Å²) >= 11 is 0. The minimum absolute atomic E-state index is 0.129. The number of carbonyl (C=O) groups is 1. The molecule has 0 bridgehead atoms. The summed E-state index contributed by atoms with van der Waals surface area (Å²) in [5.74, 6) is 0.129. The van der Waals surface area contributed by atoms with Crippen molar-refractivity contribution in [2.45, 2.75) is 18.9 Å². The van der Waals surface area contributed by atoms with Gasteiger partial charge < -0.3 is 4.74 Å². The second-order valence-electron chi connectivity index (χ2n) is 3.28. The van der Waals surface area contributed by atoms with Crippen molar-refractivity contribution in [2.75, 3.05) is 7.11 Å². The third kappa shape index (κ3) is 1.38. The Labute approximate surface area is 77.5 Å². The lowest BCUT2D eigenvalue weighted by Gasteiger charge is -2.21. The molecule has 1 atom stereocenters. The topological polar surface area (TPSA) is 26.3 Å². The van der Waals surface area contributed by atoms with Crippen molar-refractivity contribution in [1.29, 1.82) is 0 Å². The maximum absolute atomic E-state index is 11.7. The molecular weight excluding hydrogens is 164 g/mol. The van der Waals surface area contributed by atoms with Crippen molar-refractivity contribution in [3.63, 3.8) is 0 Å². The van der Waals surface area contributed by atoms with Gasteiger partial charge in [0.1, 0.15) is 6.10 Å². The van der Waals surface area contributed by atoms with Crippen LogP contribution in [-0.2, 0) is 11.2 Å². The molecule has 1 aromatic rings. The summed E-state index contributed by atoms with van der Waals surface area (Å²) in [7, 11) is 1.59. The zero-order valence-corrected chi connectivity index (χ0v) is 7.62. The molecule has 2 heteroatoms. The molecule has 0 spiro atoms. The molecule has 1 aliphatic rings. The van der Waals surface area contributed by atoms with Crippen LogP contribution in [0.25, 0.3) is 0 Å². The first-order valence-corrected chi connectivity index (χ1v) is 4.48. The maximum atomic E-state index is 11.7. The number of benzene rings is 1. The van der Waals surface area contributed by atoms with E-state index in [1.165, 1.54) is 0 Å². The van der Waals surface area contributed by atoms with Crippen LogP contribution in [0.5, 0.6) is 0 Å². The first-order valence-electron chi connectivity index (χ1n) is 4.48. The summed E-state index contributed by atoms with van der Waals surface area (Å²) in [4.78, 5) is 11.7. The lowest BCUT2D eigenvalue weighted by molar-refractivity contribution is 0.0559. The first-order chi connectivity index (χ1) is 6.33. The average Bonchev–Trinajstić information content (AvgIpc) is 2.19. The van der Waals surface area contributed by atoms with Gasteiger partial charge in [0.15, 0.2) is 5.78 Å². The number of ketones is 1. The molecule has 68 valence electrons. The zero-order chi connectivity index (χ0) is 9.26. The van der Waals surface area contributed by atoms with Gasteiger partial charge in [-0.3, -0.25) is 4.79 Å². The quantitative estimate of drug-likeness (QED) is 0.652. The van der Waals surface area contributed by atoms with Crippen LogP contribution in [0.2, 0.25) is 0 Å². The van der Waals surface area contributed by atoms with E-state index in [1.54, 1.807) is 7.11 Å². The highest BCUT2D eigenvalue weighted by atomic mass is 16.5. The van der Waals surface area contributed by atoms with Crippen LogP contribution in [-0.4, -0.2) is 19.0 Å². The largest absolute Gasteiger partial charge is 0.373 e. The molecule has 2 rings (SSSR count). The highest BCUT2D eigenvalue weighted by Crippen LogP contribution is 2.22. The van der Waals surface area contributed by atoms with Crippen LogP contribution in [0.15, 0.2) is 24.3 Å². The van der Waals surface area contributed by atoms with Crippen molar-refractivity contribution in [3.8, 4) is 0 Å². The van der Waals surface area contributed by atoms with Crippen molar-refractivity contribution < 1.29 is 9.53 Å². The normalized spacial score (nSPS) is 21.3.